The maximum Gasteiger partial charge on any atom is 0.327 e. The minimum absolute atomic E-state index is 0.00642. The van der Waals surface area contributed by atoms with Gasteiger partial charge >= 0.3 is 5.97 Å². The van der Waals surface area contributed by atoms with Crippen LogP contribution in [0.2, 0.25) is 0 Å². The molecule has 4 aromatic carbocycles. The number of aromatic nitrogens is 1. The Morgan fingerprint density at radius 3 is 1.50 bits per heavy atom. The van der Waals surface area contributed by atoms with Crippen LogP contribution >= 0.6 is 21.6 Å². The number of carbonyl (C=O) groups is 8. The highest BCUT2D eigenvalue weighted by molar-refractivity contribution is 8.76. The molecule has 1 saturated heterocycles. The van der Waals surface area contributed by atoms with Crippen molar-refractivity contribution in [2.24, 2.45) is 11.5 Å². The number of H-pyrrole nitrogens is 1. The fraction of sp³-hybridized carbons (Fsp3) is 0.370. The molecule has 0 saturated carbocycles. The van der Waals surface area contributed by atoms with Gasteiger partial charge in [0, 0.05) is 54.3 Å². The molecule has 9 atom stereocenters. The van der Waals surface area contributed by atoms with Crippen molar-refractivity contribution in [3.8, 4) is 0 Å². The number of unbranched alkanes of at least 4 members (excludes halogenated alkanes) is 1. The molecule has 20 nitrogen and oxygen atoms in total. The van der Waals surface area contributed by atoms with E-state index in [0.717, 1.165) is 32.5 Å². The summed E-state index contributed by atoms with van der Waals surface area (Å²) in [4.78, 5) is 116. The van der Waals surface area contributed by atoms with E-state index in [1.54, 1.807) is 97.2 Å². The average Bonchev–Trinajstić information content (AvgIpc) is 3.82. The fourth-order valence-corrected chi connectivity index (χ4v) is 10.7. The molecule has 1 aliphatic rings. The van der Waals surface area contributed by atoms with Crippen molar-refractivity contribution >= 4 is 79.8 Å². The summed E-state index contributed by atoms with van der Waals surface area (Å²) in [5.41, 5.74) is 15.5. The van der Waals surface area contributed by atoms with Crippen LogP contribution in [0.1, 0.15) is 48.4 Å². The summed E-state index contributed by atoms with van der Waals surface area (Å²) < 4.78 is 0. The molecule has 0 aliphatic carbocycles. The number of carboxylic acids is 1. The van der Waals surface area contributed by atoms with Gasteiger partial charge in [-0.1, -0.05) is 131 Å². The molecule has 22 heteroatoms. The average molecular weight is 1080 g/mol. The van der Waals surface area contributed by atoms with Gasteiger partial charge in [0.25, 0.3) is 0 Å². The molecule has 14 N–H and O–H groups in total. The quantitative estimate of drug-likeness (QED) is 0.0549. The molecule has 5 aromatic rings. The van der Waals surface area contributed by atoms with E-state index in [0.29, 0.717) is 35.1 Å². The first-order valence-electron chi connectivity index (χ1n) is 25.0. The van der Waals surface area contributed by atoms with Gasteiger partial charge in [0.1, 0.15) is 42.3 Å². The first-order chi connectivity index (χ1) is 36.6. The highest BCUT2D eigenvalue weighted by Crippen LogP contribution is 2.24. The number of carbonyl (C=O) groups excluding carboxylic acids is 7. The number of aliphatic hydroxyl groups is 1. The summed E-state index contributed by atoms with van der Waals surface area (Å²) in [5.74, 6) is -7.42. The normalized spacial score (nSPS) is 23.7. The third kappa shape index (κ3) is 17.4. The molecule has 1 aliphatic heterocycles. The number of nitrogens with two attached hydrogens (primary N) is 2. The predicted molar refractivity (Wildman–Crippen MR) is 291 cm³/mol. The third-order valence-corrected chi connectivity index (χ3v) is 15.1. The van der Waals surface area contributed by atoms with Gasteiger partial charge in [0.2, 0.25) is 41.4 Å². The van der Waals surface area contributed by atoms with Crippen molar-refractivity contribution in [1.29, 1.82) is 0 Å². The van der Waals surface area contributed by atoms with Crippen LogP contribution in [0.5, 0.6) is 0 Å². The summed E-state index contributed by atoms with van der Waals surface area (Å²) in [7, 11) is 2.07. The highest BCUT2D eigenvalue weighted by atomic mass is 33.1. The van der Waals surface area contributed by atoms with Crippen molar-refractivity contribution in [3.05, 3.63) is 144 Å². The molecule has 0 spiro atoms. The van der Waals surface area contributed by atoms with Gasteiger partial charge in [-0.05, 0) is 61.1 Å². The molecule has 404 valence electrons. The number of benzene rings is 4. The van der Waals surface area contributed by atoms with Gasteiger partial charge in [0.05, 0.1) is 12.1 Å². The van der Waals surface area contributed by atoms with Crippen LogP contribution in [0.15, 0.2) is 121 Å². The Hall–Kier alpha value is -7.24. The Balaban J connectivity index is 1.39. The molecule has 2 heterocycles. The number of hydrogen-bond acceptors (Lipinski definition) is 13. The van der Waals surface area contributed by atoms with Crippen LogP contribution in [0.25, 0.3) is 10.9 Å². The van der Waals surface area contributed by atoms with E-state index in [-0.39, 0.29) is 50.2 Å². The largest absolute Gasteiger partial charge is 0.480 e. The number of amides is 7. The van der Waals surface area contributed by atoms with Gasteiger partial charge in [-0.15, -0.1) is 0 Å². The minimum atomic E-state index is -1.69. The van der Waals surface area contributed by atoms with E-state index in [2.05, 4.69) is 42.2 Å². The van der Waals surface area contributed by atoms with Gasteiger partial charge in [0.15, 0.2) is 0 Å². The lowest BCUT2D eigenvalue weighted by atomic mass is 10.00. The molecule has 6 rings (SSSR count). The Morgan fingerprint density at radius 1 is 0.553 bits per heavy atom. The van der Waals surface area contributed by atoms with Crippen LogP contribution in [-0.2, 0) is 64.0 Å². The van der Waals surface area contributed by atoms with E-state index in [1.165, 1.54) is 6.92 Å². The summed E-state index contributed by atoms with van der Waals surface area (Å²) in [6.07, 6.45) is 0.661. The van der Waals surface area contributed by atoms with Crippen LogP contribution in [0.3, 0.4) is 0 Å². The standard InChI is InChI=1S/C54H66N10O10S2/c1-32(65)46-53(72)62-43(27-35-19-9-4-10-20-35)51(70)63-45(54(73)74)31-76-75-30-38(56)47(66)59-41(25-33-15-5-2-6-16-33)49(68)60-42(26-34-17-7-3-8-18-34)50(69)61-44(28-36-29-57-39-22-12-11-21-37(36)39)52(71)58-40(48(67)64-46)23-13-14-24-55/h2-12,15-22,29,32,38,40-46,57,65H,13-14,23-28,30-31,55-56H2,1H3,(H,58,71)(H,59,66)(H,60,68)(H,61,69)(H,62,72)(H,63,70)(H,64,67)(H,73,74)/t32-,38+,40-,41+,42-,43-,44+,45-,46-/m0/s1. The van der Waals surface area contributed by atoms with Crippen molar-refractivity contribution < 1.29 is 48.6 Å². The van der Waals surface area contributed by atoms with Crippen molar-refractivity contribution in [2.75, 3.05) is 18.1 Å². The topological polar surface area (TPSA) is 329 Å². The molecule has 7 amide bonds. The maximum atomic E-state index is 14.8. The third-order valence-electron chi connectivity index (χ3n) is 12.6. The SMILES string of the molecule is C[C@H](O)[C@@H]1NC(=O)[C@H](CCCCN)NC(=O)[C@@H](Cc2c[nH]c3ccccc23)NC(=O)[C@H](Cc2ccccc2)NC(=O)[C@@H](Cc2ccccc2)NC(=O)[C@H](N)CSSC[C@@H](C(=O)O)NC(=O)[C@H](Cc2ccccc2)NC1=O. The summed E-state index contributed by atoms with van der Waals surface area (Å²) in [5, 5.41) is 40.8. The second-order valence-corrected chi connectivity index (χ2v) is 21.1. The Bertz CT molecular complexity index is 2750. The summed E-state index contributed by atoms with van der Waals surface area (Å²) in [6.45, 7) is 1.51. The van der Waals surface area contributed by atoms with E-state index >= 15 is 0 Å². The minimum Gasteiger partial charge on any atom is -0.480 e. The number of para-hydroxylation sites is 1. The van der Waals surface area contributed by atoms with Crippen molar-refractivity contribution in [3.63, 3.8) is 0 Å². The van der Waals surface area contributed by atoms with Gasteiger partial charge in [-0.25, -0.2) is 4.79 Å². The summed E-state index contributed by atoms with van der Waals surface area (Å²) >= 11 is 0. The van der Waals surface area contributed by atoms with E-state index in [4.69, 9.17) is 11.5 Å². The lowest BCUT2D eigenvalue weighted by Crippen LogP contribution is -2.62. The zero-order valence-corrected chi connectivity index (χ0v) is 43.6. The fourth-order valence-electron chi connectivity index (χ4n) is 8.45. The number of fused-ring (bicyclic) bond motifs is 1. The van der Waals surface area contributed by atoms with Gasteiger partial charge < -0.3 is 63.9 Å². The number of aliphatic carboxylic acids is 1. The Kier molecular flexibility index (Phi) is 22.3. The first kappa shape index (κ1) is 58.0. The molecular formula is C54H66N10O10S2. The first-order valence-corrected chi connectivity index (χ1v) is 27.5. The number of hydrogen-bond donors (Lipinski definition) is 12. The second-order valence-electron chi connectivity index (χ2n) is 18.5. The summed E-state index contributed by atoms with van der Waals surface area (Å²) in [6, 6.07) is 22.5. The van der Waals surface area contributed by atoms with Crippen LogP contribution < -0.4 is 48.7 Å². The lowest BCUT2D eigenvalue weighted by Gasteiger charge is -2.29. The van der Waals surface area contributed by atoms with Crippen LogP contribution in [-0.4, -0.2) is 135 Å². The molecular weight excluding hydrogens is 1010 g/mol. The smallest absolute Gasteiger partial charge is 0.327 e. The molecule has 0 bridgehead atoms. The van der Waals surface area contributed by atoms with Gasteiger partial charge in [-0.2, -0.15) is 0 Å². The van der Waals surface area contributed by atoms with Crippen molar-refractivity contribution in [2.45, 2.75) is 106 Å². The molecule has 0 radical (unpaired) electrons. The molecule has 1 aromatic heterocycles. The Labute approximate surface area is 448 Å². The van der Waals surface area contributed by atoms with Crippen LogP contribution in [0.4, 0.5) is 0 Å². The molecule has 1 fully saturated rings. The van der Waals surface area contributed by atoms with Gasteiger partial charge in [-0.3, -0.25) is 33.6 Å². The highest BCUT2D eigenvalue weighted by Gasteiger charge is 2.36. The number of carboxylic acid groups (broad SMARTS) is 1. The lowest BCUT2D eigenvalue weighted by molar-refractivity contribution is -0.141. The zero-order chi connectivity index (χ0) is 54.6. The predicted octanol–water partition coefficient (Wildman–Crippen LogP) is 1.15. The number of aromatic amines is 1. The van der Waals surface area contributed by atoms with E-state index < -0.39 is 102 Å². The number of aliphatic hydroxyl groups excluding tert-OH is 1. The zero-order valence-electron chi connectivity index (χ0n) is 41.9. The van der Waals surface area contributed by atoms with E-state index in [9.17, 15) is 48.6 Å². The molecule has 0 unspecified atom stereocenters. The number of rotatable bonds is 14. The monoisotopic (exact) mass is 1080 g/mol. The maximum absolute atomic E-state index is 14.8. The van der Waals surface area contributed by atoms with Crippen molar-refractivity contribution in [1.82, 2.24) is 42.2 Å². The number of nitrogens with one attached hydrogen (secondary N) is 8. The molecule has 76 heavy (non-hydrogen) atoms. The Morgan fingerprint density at radius 2 is 0.987 bits per heavy atom. The second kappa shape index (κ2) is 29.2. The van der Waals surface area contributed by atoms with E-state index in [1.807, 2.05) is 24.3 Å². The van der Waals surface area contributed by atoms with Crippen LogP contribution in [0, 0.1) is 0 Å².